The highest BCUT2D eigenvalue weighted by molar-refractivity contribution is 5.93. The summed E-state index contributed by atoms with van der Waals surface area (Å²) in [6.07, 6.45) is 3.65. The average Bonchev–Trinajstić information content (AvgIpc) is 2.44. The molecular formula is C15H23N3O2. The fraction of sp³-hybridized carbons (Fsp3) is 0.467. The molecule has 0 heterocycles. The minimum Gasteiger partial charge on any atom is -0.338 e. The molecule has 1 aromatic rings. The van der Waals surface area contributed by atoms with Crippen LogP contribution in [0.15, 0.2) is 24.3 Å². The molecule has 1 aromatic carbocycles. The van der Waals surface area contributed by atoms with Gasteiger partial charge in [-0.1, -0.05) is 32.8 Å². The largest absolute Gasteiger partial charge is 0.338 e. The van der Waals surface area contributed by atoms with E-state index in [0.29, 0.717) is 24.3 Å². The molecule has 110 valence electrons. The molecule has 3 N–H and O–H groups in total. The second-order valence-electron chi connectivity index (χ2n) is 4.57. The van der Waals surface area contributed by atoms with E-state index in [9.17, 15) is 9.59 Å². The van der Waals surface area contributed by atoms with E-state index in [1.807, 2.05) is 0 Å². The number of hydrogen-bond acceptors (Lipinski definition) is 2. The van der Waals surface area contributed by atoms with Gasteiger partial charge in [-0.25, -0.2) is 4.79 Å². The lowest BCUT2D eigenvalue weighted by atomic mass is 10.2. The molecule has 0 fully saturated rings. The Balaban J connectivity index is 2.45. The van der Waals surface area contributed by atoms with Crippen LogP contribution in [-0.2, 0) is 4.79 Å². The maximum Gasteiger partial charge on any atom is 0.319 e. The zero-order valence-corrected chi connectivity index (χ0v) is 12.2. The molecule has 0 atom stereocenters. The Morgan fingerprint density at radius 3 is 2.40 bits per heavy atom. The van der Waals surface area contributed by atoms with E-state index >= 15 is 0 Å². The smallest absolute Gasteiger partial charge is 0.319 e. The normalized spacial score (nSPS) is 9.90. The molecule has 0 saturated carbocycles. The van der Waals surface area contributed by atoms with Crippen LogP contribution in [0.25, 0.3) is 0 Å². The summed E-state index contributed by atoms with van der Waals surface area (Å²) in [6.45, 7) is 4.59. The molecule has 5 nitrogen and oxygen atoms in total. The number of rotatable bonds is 7. The monoisotopic (exact) mass is 277 g/mol. The van der Waals surface area contributed by atoms with Gasteiger partial charge < -0.3 is 16.0 Å². The summed E-state index contributed by atoms with van der Waals surface area (Å²) in [5.41, 5.74) is 1.34. The van der Waals surface area contributed by atoms with E-state index in [1.54, 1.807) is 31.2 Å². The van der Waals surface area contributed by atoms with Gasteiger partial charge in [-0.15, -0.1) is 0 Å². The highest BCUT2D eigenvalue weighted by Crippen LogP contribution is 2.15. The van der Waals surface area contributed by atoms with Crippen LogP contribution < -0.4 is 16.0 Å². The van der Waals surface area contributed by atoms with E-state index < -0.39 is 0 Å². The van der Waals surface area contributed by atoms with Crippen LogP contribution in [0.5, 0.6) is 0 Å². The molecule has 1 rings (SSSR count). The van der Waals surface area contributed by atoms with Crippen LogP contribution in [0.4, 0.5) is 16.2 Å². The maximum absolute atomic E-state index is 11.7. The molecule has 0 aliphatic heterocycles. The number of hydrogen-bond donors (Lipinski definition) is 3. The first-order chi connectivity index (χ1) is 9.65. The predicted octanol–water partition coefficient (Wildman–Crippen LogP) is 3.35. The number of nitrogens with one attached hydrogen (secondary N) is 3. The Bertz CT molecular complexity index is 446. The Hall–Kier alpha value is -2.04. The molecule has 0 unspecified atom stereocenters. The van der Waals surface area contributed by atoms with Crippen molar-refractivity contribution in [3.8, 4) is 0 Å². The quantitative estimate of drug-likeness (QED) is 0.669. The van der Waals surface area contributed by atoms with Crippen molar-refractivity contribution in [2.45, 2.75) is 39.5 Å². The number of amides is 3. The highest BCUT2D eigenvalue weighted by Gasteiger charge is 2.03. The molecule has 0 spiro atoms. The van der Waals surface area contributed by atoms with E-state index in [1.165, 1.54) is 0 Å². The second-order valence-corrected chi connectivity index (χ2v) is 4.57. The van der Waals surface area contributed by atoms with Crippen molar-refractivity contribution < 1.29 is 9.59 Å². The van der Waals surface area contributed by atoms with Crippen molar-refractivity contribution in [1.29, 1.82) is 0 Å². The standard InChI is InChI=1S/C15H23N3O2/c1-3-5-6-10-16-15(20)18-13-9-7-8-12(11-13)17-14(19)4-2/h7-9,11H,3-6,10H2,1-2H3,(H,17,19)(H2,16,18,20). The lowest BCUT2D eigenvalue weighted by Crippen LogP contribution is -2.29. The summed E-state index contributed by atoms with van der Waals surface area (Å²) >= 11 is 0. The molecule has 0 saturated heterocycles. The minimum absolute atomic E-state index is 0.0498. The van der Waals surface area contributed by atoms with Crippen molar-refractivity contribution in [2.75, 3.05) is 17.2 Å². The van der Waals surface area contributed by atoms with Crippen molar-refractivity contribution in [2.24, 2.45) is 0 Å². The number of benzene rings is 1. The van der Waals surface area contributed by atoms with Crippen LogP contribution in [-0.4, -0.2) is 18.5 Å². The predicted molar refractivity (Wildman–Crippen MR) is 81.9 cm³/mol. The summed E-state index contributed by atoms with van der Waals surface area (Å²) in [4.78, 5) is 23.0. The van der Waals surface area contributed by atoms with Crippen molar-refractivity contribution in [1.82, 2.24) is 5.32 Å². The van der Waals surface area contributed by atoms with Gasteiger partial charge in [0.05, 0.1) is 0 Å². The van der Waals surface area contributed by atoms with Crippen LogP contribution in [0.3, 0.4) is 0 Å². The fourth-order valence-electron chi connectivity index (χ4n) is 1.68. The summed E-state index contributed by atoms with van der Waals surface area (Å²) in [5, 5.41) is 8.30. The van der Waals surface area contributed by atoms with Gasteiger partial charge in [0.1, 0.15) is 0 Å². The first-order valence-corrected chi connectivity index (χ1v) is 7.10. The Labute approximate surface area is 120 Å². The molecule has 0 aliphatic carbocycles. The molecule has 0 aromatic heterocycles. The van der Waals surface area contributed by atoms with Gasteiger partial charge in [-0.05, 0) is 24.6 Å². The average molecular weight is 277 g/mol. The van der Waals surface area contributed by atoms with Crippen LogP contribution in [0, 0.1) is 0 Å². The first-order valence-electron chi connectivity index (χ1n) is 7.10. The van der Waals surface area contributed by atoms with Gasteiger partial charge in [-0.3, -0.25) is 4.79 Å². The van der Waals surface area contributed by atoms with Crippen molar-refractivity contribution >= 4 is 23.3 Å². The lowest BCUT2D eigenvalue weighted by Gasteiger charge is -2.09. The Morgan fingerprint density at radius 1 is 1.05 bits per heavy atom. The Morgan fingerprint density at radius 2 is 1.75 bits per heavy atom. The Kier molecular flexibility index (Phi) is 7.17. The van der Waals surface area contributed by atoms with E-state index in [2.05, 4.69) is 22.9 Å². The molecule has 20 heavy (non-hydrogen) atoms. The first kappa shape index (κ1) is 16.0. The third kappa shape index (κ3) is 6.22. The number of carbonyl (C=O) groups is 2. The van der Waals surface area contributed by atoms with Gasteiger partial charge in [-0.2, -0.15) is 0 Å². The number of carbonyl (C=O) groups excluding carboxylic acids is 2. The summed E-state index contributed by atoms with van der Waals surface area (Å²) < 4.78 is 0. The zero-order valence-electron chi connectivity index (χ0n) is 12.2. The number of anilines is 2. The van der Waals surface area contributed by atoms with Gasteiger partial charge in [0.2, 0.25) is 5.91 Å². The molecular weight excluding hydrogens is 254 g/mol. The van der Waals surface area contributed by atoms with Gasteiger partial charge in [0.15, 0.2) is 0 Å². The zero-order chi connectivity index (χ0) is 14.8. The second kappa shape index (κ2) is 8.96. The molecule has 5 heteroatoms. The molecule has 0 aliphatic rings. The third-order valence-corrected chi connectivity index (χ3v) is 2.79. The third-order valence-electron chi connectivity index (χ3n) is 2.79. The molecule has 0 bridgehead atoms. The number of unbranched alkanes of at least 4 members (excludes halogenated alkanes) is 2. The fourth-order valence-corrected chi connectivity index (χ4v) is 1.68. The van der Waals surface area contributed by atoms with Crippen LogP contribution in [0.2, 0.25) is 0 Å². The van der Waals surface area contributed by atoms with Crippen LogP contribution in [0.1, 0.15) is 39.5 Å². The summed E-state index contributed by atoms with van der Waals surface area (Å²) in [7, 11) is 0. The van der Waals surface area contributed by atoms with Crippen molar-refractivity contribution in [3.63, 3.8) is 0 Å². The summed E-state index contributed by atoms with van der Waals surface area (Å²) in [6, 6.07) is 6.88. The maximum atomic E-state index is 11.7. The SMILES string of the molecule is CCCCCNC(=O)Nc1cccc(NC(=O)CC)c1. The van der Waals surface area contributed by atoms with E-state index in [4.69, 9.17) is 0 Å². The van der Waals surface area contributed by atoms with Crippen LogP contribution >= 0.6 is 0 Å². The molecule has 3 amide bonds. The minimum atomic E-state index is -0.222. The van der Waals surface area contributed by atoms with Gasteiger partial charge in [0.25, 0.3) is 0 Å². The van der Waals surface area contributed by atoms with Crippen molar-refractivity contribution in [3.05, 3.63) is 24.3 Å². The summed E-state index contributed by atoms with van der Waals surface area (Å²) in [5.74, 6) is -0.0498. The molecule has 0 radical (unpaired) electrons. The van der Waals surface area contributed by atoms with Gasteiger partial charge >= 0.3 is 6.03 Å². The topological polar surface area (TPSA) is 70.2 Å². The highest BCUT2D eigenvalue weighted by atomic mass is 16.2. The van der Waals surface area contributed by atoms with Gasteiger partial charge in [0, 0.05) is 24.3 Å². The lowest BCUT2D eigenvalue weighted by molar-refractivity contribution is -0.115. The van der Waals surface area contributed by atoms with E-state index in [0.717, 1.165) is 19.3 Å². The number of urea groups is 1. The van der Waals surface area contributed by atoms with E-state index in [-0.39, 0.29) is 11.9 Å².